The van der Waals surface area contributed by atoms with Crippen LogP contribution in [0.2, 0.25) is 0 Å². The molecule has 0 fully saturated rings. The Hall–Kier alpha value is -2.66. The highest BCUT2D eigenvalue weighted by molar-refractivity contribution is 5.95. The predicted octanol–water partition coefficient (Wildman–Crippen LogP) is 0.866. The van der Waals surface area contributed by atoms with Crippen LogP contribution in [0.4, 0.5) is 11.4 Å². The van der Waals surface area contributed by atoms with E-state index in [2.05, 4.69) is 5.43 Å². The van der Waals surface area contributed by atoms with Gasteiger partial charge >= 0.3 is 0 Å². The van der Waals surface area contributed by atoms with E-state index in [1.54, 1.807) is 7.05 Å². The summed E-state index contributed by atoms with van der Waals surface area (Å²) < 4.78 is 0. The molecule has 0 heterocycles. The third-order valence-corrected chi connectivity index (χ3v) is 2.50. The van der Waals surface area contributed by atoms with Crippen molar-refractivity contribution >= 4 is 17.3 Å². The number of nitro benzene ring substituents is 1. The number of hydrazine groups is 1. The van der Waals surface area contributed by atoms with Crippen molar-refractivity contribution in [3.05, 3.63) is 33.9 Å². The number of amides is 1. The number of nitriles is 1. The molecular formula is C11H13N5O3. The highest BCUT2D eigenvalue weighted by atomic mass is 16.6. The number of carbonyl (C=O) groups excluding carboxylic acids is 1. The van der Waals surface area contributed by atoms with Gasteiger partial charge in [-0.3, -0.25) is 20.8 Å². The number of nitrogens with two attached hydrogens (primary N) is 1. The average molecular weight is 263 g/mol. The van der Waals surface area contributed by atoms with E-state index in [4.69, 9.17) is 11.1 Å². The molecule has 0 bridgehead atoms. The molecule has 1 aromatic carbocycles. The third kappa shape index (κ3) is 3.40. The van der Waals surface area contributed by atoms with Crippen LogP contribution < -0.4 is 11.3 Å². The monoisotopic (exact) mass is 263 g/mol. The normalized spacial score (nSPS) is 9.53. The smallest absolute Gasteiger partial charge is 0.293 e. The molecule has 0 aliphatic heterocycles. The van der Waals surface area contributed by atoms with Crippen molar-refractivity contribution in [2.45, 2.75) is 6.42 Å². The van der Waals surface area contributed by atoms with Gasteiger partial charge in [0.2, 0.25) is 0 Å². The predicted molar refractivity (Wildman–Crippen MR) is 68.1 cm³/mol. The molecule has 3 N–H and O–H groups in total. The molecule has 0 saturated heterocycles. The van der Waals surface area contributed by atoms with Crippen molar-refractivity contribution in [3.63, 3.8) is 0 Å². The second kappa shape index (κ2) is 6.32. The molecule has 1 rings (SSSR count). The summed E-state index contributed by atoms with van der Waals surface area (Å²) >= 11 is 0. The van der Waals surface area contributed by atoms with E-state index in [-0.39, 0.29) is 35.8 Å². The van der Waals surface area contributed by atoms with Gasteiger partial charge in [-0.15, -0.1) is 0 Å². The topological polar surface area (TPSA) is 125 Å². The average Bonchev–Trinajstić information content (AvgIpc) is 2.42. The summed E-state index contributed by atoms with van der Waals surface area (Å²) in [5, 5.41) is 19.2. The first-order chi connectivity index (χ1) is 9.01. The molecule has 0 radical (unpaired) electrons. The molecule has 1 amide bonds. The van der Waals surface area contributed by atoms with Crippen molar-refractivity contribution in [3.8, 4) is 6.07 Å². The van der Waals surface area contributed by atoms with Crippen molar-refractivity contribution in [2.75, 3.05) is 19.0 Å². The summed E-state index contributed by atoms with van der Waals surface area (Å²) in [6, 6.07) is 5.81. The quantitative estimate of drug-likeness (QED) is 0.461. The maximum atomic E-state index is 12.0. The number of nitro groups is 1. The number of nitrogens with one attached hydrogen (secondary N) is 1. The Bertz CT molecular complexity index is 538. The lowest BCUT2D eigenvalue weighted by Crippen LogP contribution is -2.27. The van der Waals surface area contributed by atoms with Crippen LogP contribution in [0, 0.1) is 21.4 Å². The Labute approximate surface area is 109 Å². The lowest BCUT2D eigenvalue weighted by molar-refractivity contribution is -0.384. The number of carbonyl (C=O) groups is 1. The summed E-state index contributed by atoms with van der Waals surface area (Å²) in [6.45, 7) is 0.289. The number of hydrogen-bond donors (Lipinski definition) is 2. The number of benzene rings is 1. The fourth-order valence-corrected chi connectivity index (χ4v) is 1.48. The Balaban J connectivity index is 2.99. The Morgan fingerprint density at radius 1 is 1.63 bits per heavy atom. The van der Waals surface area contributed by atoms with Crippen LogP contribution in [-0.4, -0.2) is 29.3 Å². The van der Waals surface area contributed by atoms with Gasteiger partial charge in [-0.25, -0.2) is 0 Å². The fourth-order valence-electron chi connectivity index (χ4n) is 1.48. The molecule has 8 nitrogen and oxygen atoms in total. The highest BCUT2D eigenvalue weighted by Crippen LogP contribution is 2.24. The van der Waals surface area contributed by atoms with Crippen LogP contribution in [-0.2, 0) is 0 Å². The van der Waals surface area contributed by atoms with Gasteiger partial charge in [-0.2, -0.15) is 5.26 Å². The van der Waals surface area contributed by atoms with Gasteiger partial charge in [-0.05, 0) is 12.1 Å². The molecular weight excluding hydrogens is 250 g/mol. The summed E-state index contributed by atoms with van der Waals surface area (Å²) in [5.41, 5.74) is 2.30. The first-order valence-electron chi connectivity index (χ1n) is 5.38. The number of rotatable bonds is 5. The zero-order valence-electron chi connectivity index (χ0n) is 10.3. The van der Waals surface area contributed by atoms with Gasteiger partial charge in [0, 0.05) is 25.2 Å². The van der Waals surface area contributed by atoms with Crippen LogP contribution in [0.3, 0.4) is 0 Å². The van der Waals surface area contributed by atoms with Gasteiger partial charge in [-0.1, -0.05) is 0 Å². The van der Waals surface area contributed by atoms with Gasteiger partial charge < -0.3 is 10.3 Å². The maximum Gasteiger partial charge on any atom is 0.293 e. The molecule has 0 aliphatic carbocycles. The molecule has 8 heteroatoms. The Kier molecular flexibility index (Phi) is 4.79. The van der Waals surface area contributed by atoms with Crippen molar-refractivity contribution in [1.29, 1.82) is 5.26 Å². The molecule has 0 spiro atoms. The third-order valence-electron chi connectivity index (χ3n) is 2.50. The molecule has 100 valence electrons. The van der Waals surface area contributed by atoms with Gasteiger partial charge in [0.05, 0.1) is 17.4 Å². The zero-order valence-corrected chi connectivity index (χ0v) is 10.3. The van der Waals surface area contributed by atoms with Gasteiger partial charge in [0.1, 0.15) is 5.69 Å². The van der Waals surface area contributed by atoms with E-state index in [0.29, 0.717) is 0 Å². The van der Waals surface area contributed by atoms with E-state index in [9.17, 15) is 14.9 Å². The van der Waals surface area contributed by atoms with E-state index in [0.717, 1.165) is 0 Å². The lowest BCUT2D eigenvalue weighted by atomic mass is 10.1. The standard InChI is InChI=1S/C11H13N5O3/c1-15(6-2-5-12)11(17)8-3-4-10(16(18)19)9(7-8)14-13/h3-4,7,14H,2,6,13H2,1H3. The second-order valence-electron chi connectivity index (χ2n) is 3.77. The number of nitrogen functional groups attached to an aromatic ring is 1. The van der Waals surface area contributed by atoms with Crippen molar-refractivity contribution in [1.82, 2.24) is 4.90 Å². The SMILES string of the molecule is CN(CCC#N)C(=O)c1ccc([N+](=O)[O-])c(NN)c1. The first-order valence-corrected chi connectivity index (χ1v) is 5.38. The van der Waals surface area contributed by atoms with Crippen LogP contribution >= 0.6 is 0 Å². The maximum absolute atomic E-state index is 12.0. The van der Waals surface area contributed by atoms with Gasteiger partial charge in [0.15, 0.2) is 0 Å². The molecule has 0 aromatic heterocycles. The Morgan fingerprint density at radius 3 is 2.84 bits per heavy atom. The fraction of sp³-hybridized carbons (Fsp3) is 0.273. The molecule has 0 saturated carbocycles. The molecule has 1 aromatic rings. The van der Waals surface area contributed by atoms with E-state index in [1.165, 1.54) is 23.1 Å². The van der Waals surface area contributed by atoms with Crippen LogP contribution in [0.1, 0.15) is 16.8 Å². The minimum absolute atomic E-state index is 0.0598. The lowest BCUT2D eigenvalue weighted by Gasteiger charge is -2.15. The summed E-state index contributed by atoms with van der Waals surface area (Å²) in [5.74, 6) is 4.86. The first kappa shape index (κ1) is 14.4. The summed E-state index contributed by atoms with van der Waals surface area (Å²) in [7, 11) is 1.55. The number of anilines is 1. The summed E-state index contributed by atoms with van der Waals surface area (Å²) in [4.78, 5) is 23.5. The van der Waals surface area contributed by atoms with Gasteiger partial charge in [0.25, 0.3) is 11.6 Å². The second-order valence-corrected chi connectivity index (χ2v) is 3.77. The molecule has 0 atom stereocenters. The largest absolute Gasteiger partial charge is 0.341 e. The molecule has 0 aliphatic rings. The Morgan fingerprint density at radius 2 is 2.32 bits per heavy atom. The summed E-state index contributed by atoms with van der Waals surface area (Å²) in [6.07, 6.45) is 0.219. The van der Waals surface area contributed by atoms with Crippen molar-refractivity contribution in [2.24, 2.45) is 5.84 Å². The van der Waals surface area contributed by atoms with E-state index < -0.39 is 4.92 Å². The minimum Gasteiger partial charge on any atom is -0.341 e. The zero-order chi connectivity index (χ0) is 14.4. The minimum atomic E-state index is -0.594. The van der Waals surface area contributed by atoms with Crippen LogP contribution in [0.25, 0.3) is 0 Å². The number of nitrogens with zero attached hydrogens (tertiary/aromatic N) is 3. The number of hydrogen-bond acceptors (Lipinski definition) is 6. The van der Waals surface area contributed by atoms with Crippen LogP contribution in [0.5, 0.6) is 0 Å². The van der Waals surface area contributed by atoms with E-state index >= 15 is 0 Å². The van der Waals surface area contributed by atoms with Crippen LogP contribution in [0.15, 0.2) is 18.2 Å². The highest BCUT2D eigenvalue weighted by Gasteiger charge is 2.18. The molecule has 19 heavy (non-hydrogen) atoms. The van der Waals surface area contributed by atoms with Crippen molar-refractivity contribution < 1.29 is 9.72 Å². The van der Waals surface area contributed by atoms with E-state index in [1.807, 2.05) is 6.07 Å². The molecule has 0 unspecified atom stereocenters.